The second kappa shape index (κ2) is 7.58. The van der Waals surface area contributed by atoms with E-state index in [1.54, 1.807) is 20.0 Å². The highest BCUT2D eigenvalue weighted by atomic mass is 16.4. The smallest absolute Gasteiger partial charge is 0.326 e. The van der Waals surface area contributed by atoms with Crippen LogP contribution in [0, 0.1) is 5.92 Å². The summed E-state index contributed by atoms with van der Waals surface area (Å²) < 4.78 is 5.61. The van der Waals surface area contributed by atoms with Crippen LogP contribution in [0.4, 0.5) is 0 Å². The first-order valence-electron chi connectivity index (χ1n) is 7.49. The molecule has 1 aromatic heterocycles. The zero-order valence-electron chi connectivity index (χ0n) is 13.2. The predicted molar refractivity (Wildman–Crippen MR) is 84.7 cm³/mol. The monoisotopic (exact) mass is 316 g/mol. The maximum Gasteiger partial charge on any atom is 0.326 e. The van der Waals surface area contributed by atoms with Crippen molar-refractivity contribution in [1.29, 1.82) is 0 Å². The van der Waals surface area contributed by atoms with Gasteiger partial charge in [0, 0.05) is 18.4 Å². The number of benzene rings is 1. The van der Waals surface area contributed by atoms with E-state index in [2.05, 4.69) is 10.3 Å². The predicted octanol–water partition coefficient (Wildman–Crippen LogP) is 2.50. The summed E-state index contributed by atoms with van der Waals surface area (Å²) in [4.78, 5) is 27.1. The fourth-order valence-electron chi connectivity index (χ4n) is 2.14. The molecule has 2 aromatic rings. The molecule has 0 aliphatic carbocycles. The van der Waals surface area contributed by atoms with Crippen LogP contribution in [0.1, 0.15) is 26.2 Å². The molecule has 0 fully saturated rings. The number of nitrogens with one attached hydrogen (secondary N) is 1. The maximum absolute atomic E-state index is 11.9. The summed E-state index contributed by atoms with van der Waals surface area (Å²) in [6.45, 7) is 3.50. The van der Waals surface area contributed by atoms with Crippen molar-refractivity contribution < 1.29 is 19.1 Å². The van der Waals surface area contributed by atoms with E-state index >= 15 is 0 Å². The van der Waals surface area contributed by atoms with Gasteiger partial charge >= 0.3 is 5.97 Å². The molecule has 6 heteroatoms. The first kappa shape index (κ1) is 16.7. The Balaban J connectivity index is 1.90. The third-order valence-electron chi connectivity index (χ3n) is 3.43. The fourth-order valence-corrected chi connectivity index (χ4v) is 2.14. The Morgan fingerprint density at radius 2 is 1.96 bits per heavy atom. The zero-order valence-corrected chi connectivity index (χ0v) is 13.2. The highest BCUT2D eigenvalue weighted by molar-refractivity contribution is 5.83. The van der Waals surface area contributed by atoms with Crippen molar-refractivity contribution in [2.75, 3.05) is 0 Å². The van der Waals surface area contributed by atoms with E-state index in [1.165, 1.54) is 0 Å². The molecule has 1 aromatic carbocycles. The lowest BCUT2D eigenvalue weighted by atomic mass is 10.0. The SMILES string of the molecule is CC(C)C(NC(=O)CCc1ncc(-c2ccccc2)o1)C(=O)O. The Kier molecular flexibility index (Phi) is 5.51. The number of aliphatic carboxylic acids is 1. The number of oxazole rings is 1. The van der Waals surface area contributed by atoms with Crippen molar-refractivity contribution in [1.82, 2.24) is 10.3 Å². The topological polar surface area (TPSA) is 92.4 Å². The number of aromatic nitrogens is 1. The minimum Gasteiger partial charge on any atom is -0.480 e. The number of amides is 1. The number of aryl methyl sites for hydroxylation is 1. The molecule has 2 rings (SSSR count). The summed E-state index contributed by atoms with van der Waals surface area (Å²) in [6, 6.07) is 8.67. The van der Waals surface area contributed by atoms with Crippen LogP contribution in [0.2, 0.25) is 0 Å². The molecule has 2 N–H and O–H groups in total. The molecular weight excluding hydrogens is 296 g/mol. The summed E-state index contributed by atoms with van der Waals surface area (Å²) in [5.74, 6) is -0.439. The molecule has 1 unspecified atom stereocenters. The number of carbonyl (C=O) groups is 2. The van der Waals surface area contributed by atoms with Crippen LogP contribution in [0.5, 0.6) is 0 Å². The van der Waals surface area contributed by atoms with Gasteiger partial charge in [0.2, 0.25) is 5.91 Å². The summed E-state index contributed by atoms with van der Waals surface area (Å²) in [5.41, 5.74) is 0.918. The molecule has 0 spiro atoms. The summed E-state index contributed by atoms with van der Waals surface area (Å²) in [7, 11) is 0. The number of nitrogens with zero attached hydrogens (tertiary/aromatic N) is 1. The fraction of sp³-hybridized carbons (Fsp3) is 0.353. The number of carbonyl (C=O) groups excluding carboxylic acids is 1. The van der Waals surface area contributed by atoms with Gasteiger partial charge in [-0.25, -0.2) is 9.78 Å². The summed E-state index contributed by atoms with van der Waals surface area (Å²) in [6.07, 6.45) is 2.07. The van der Waals surface area contributed by atoms with Crippen molar-refractivity contribution in [2.45, 2.75) is 32.7 Å². The van der Waals surface area contributed by atoms with E-state index < -0.39 is 12.0 Å². The number of carboxylic acid groups (broad SMARTS) is 1. The number of hydrogen-bond donors (Lipinski definition) is 2. The molecule has 0 bridgehead atoms. The second-order valence-electron chi connectivity index (χ2n) is 5.61. The number of rotatable bonds is 7. The largest absolute Gasteiger partial charge is 0.480 e. The van der Waals surface area contributed by atoms with Gasteiger partial charge in [-0.3, -0.25) is 4.79 Å². The number of carboxylic acids is 1. The highest BCUT2D eigenvalue weighted by Crippen LogP contribution is 2.20. The molecule has 23 heavy (non-hydrogen) atoms. The van der Waals surface area contributed by atoms with Crippen LogP contribution >= 0.6 is 0 Å². The quantitative estimate of drug-likeness (QED) is 0.818. The van der Waals surface area contributed by atoms with Crippen LogP contribution in [-0.2, 0) is 16.0 Å². The Hall–Kier alpha value is -2.63. The first-order valence-corrected chi connectivity index (χ1v) is 7.49. The van der Waals surface area contributed by atoms with Gasteiger partial charge in [0.25, 0.3) is 0 Å². The third-order valence-corrected chi connectivity index (χ3v) is 3.43. The Morgan fingerprint density at radius 3 is 2.57 bits per heavy atom. The van der Waals surface area contributed by atoms with Crippen LogP contribution in [0.25, 0.3) is 11.3 Å². The van der Waals surface area contributed by atoms with Crippen LogP contribution in [0.3, 0.4) is 0 Å². The first-order chi connectivity index (χ1) is 11.0. The van der Waals surface area contributed by atoms with E-state index in [4.69, 9.17) is 9.52 Å². The second-order valence-corrected chi connectivity index (χ2v) is 5.61. The van der Waals surface area contributed by atoms with Gasteiger partial charge in [0.05, 0.1) is 6.20 Å². The average molecular weight is 316 g/mol. The normalized spacial score (nSPS) is 12.1. The van der Waals surface area contributed by atoms with Gasteiger partial charge in [0.15, 0.2) is 11.7 Å². The lowest BCUT2D eigenvalue weighted by Gasteiger charge is -2.17. The molecule has 1 atom stereocenters. The van der Waals surface area contributed by atoms with E-state index in [9.17, 15) is 9.59 Å². The van der Waals surface area contributed by atoms with Gasteiger partial charge < -0.3 is 14.8 Å². The molecular formula is C17H20N2O4. The molecule has 1 heterocycles. The standard InChI is InChI=1S/C17H20N2O4/c1-11(2)16(17(21)22)19-14(20)8-9-15-18-10-13(23-15)12-6-4-3-5-7-12/h3-7,10-11,16H,8-9H2,1-2H3,(H,19,20)(H,21,22). The molecule has 0 saturated heterocycles. The lowest BCUT2D eigenvalue weighted by Crippen LogP contribution is -2.44. The maximum atomic E-state index is 11.9. The lowest BCUT2D eigenvalue weighted by molar-refractivity contribution is -0.143. The summed E-state index contributed by atoms with van der Waals surface area (Å²) >= 11 is 0. The van der Waals surface area contributed by atoms with Gasteiger partial charge in [0.1, 0.15) is 6.04 Å². The van der Waals surface area contributed by atoms with E-state index in [-0.39, 0.29) is 18.2 Å². The van der Waals surface area contributed by atoms with Gasteiger partial charge in [-0.2, -0.15) is 0 Å². The van der Waals surface area contributed by atoms with Crippen molar-refractivity contribution in [3.63, 3.8) is 0 Å². The van der Waals surface area contributed by atoms with Crippen molar-refractivity contribution in [2.24, 2.45) is 5.92 Å². The third kappa shape index (κ3) is 4.67. The van der Waals surface area contributed by atoms with Crippen molar-refractivity contribution >= 4 is 11.9 Å². The van der Waals surface area contributed by atoms with E-state index in [0.717, 1.165) is 5.56 Å². The highest BCUT2D eigenvalue weighted by Gasteiger charge is 2.23. The van der Waals surface area contributed by atoms with E-state index in [1.807, 2.05) is 30.3 Å². The minimum absolute atomic E-state index is 0.130. The average Bonchev–Trinajstić information content (AvgIpc) is 3.00. The Bertz CT molecular complexity index is 664. The van der Waals surface area contributed by atoms with E-state index in [0.29, 0.717) is 18.1 Å². The molecule has 122 valence electrons. The Labute approximate surface area is 134 Å². The van der Waals surface area contributed by atoms with Crippen LogP contribution in [0.15, 0.2) is 40.9 Å². The molecule has 6 nitrogen and oxygen atoms in total. The van der Waals surface area contributed by atoms with Crippen molar-refractivity contribution in [3.8, 4) is 11.3 Å². The zero-order chi connectivity index (χ0) is 16.8. The summed E-state index contributed by atoms with van der Waals surface area (Å²) in [5, 5.41) is 11.6. The minimum atomic E-state index is -1.03. The van der Waals surface area contributed by atoms with Crippen molar-refractivity contribution in [3.05, 3.63) is 42.4 Å². The molecule has 0 aliphatic rings. The molecule has 0 radical (unpaired) electrons. The number of hydrogen-bond acceptors (Lipinski definition) is 4. The molecule has 1 amide bonds. The molecule has 0 saturated carbocycles. The molecule has 0 aliphatic heterocycles. The van der Waals surface area contributed by atoms with Gasteiger partial charge in [-0.15, -0.1) is 0 Å². The Morgan fingerprint density at radius 1 is 1.26 bits per heavy atom. The van der Waals surface area contributed by atoms with Crippen LogP contribution < -0.4 is 5.32 Å². The van der Waals surface area contributed by atoms with Crippen LogP contribution in [-0.4, -0.2) is 28.0 Å². The van der Waals surface area contributed by atoms with Gasteiger partial charge in [-0.05, 0) is 5.92 Å². The van der Waals surface area contributed by atoms with Gasteiger partial charge in [-0.1, -0.05) is 44.2 Å².